The highest BCUT2D eigenvalue weighted by atomic mass is 35.5. The summed E-state index contributed by atoms with van der Waals surface area (Å²) in [5, 5.41) is 10.1. The summed E-state index contributed by atoms with van der Waals surface area (Å²) in [5.41, 5.74) is 1.60. The molecule has 0 unspecified atom stereocenters. The van der Waals surface area contributed by atoms with Gasteiger partial charge in [-0.3, -0.25) is 4.57 Å². The third-order valence-corrected chi connectivity index (χ3v) is 12.3. The zero-order valence-electron chi connectivity index (χ0n) is 31.3. The van der Waals surface area contributed by atoms with Crippen molar-refractivity contribution in [3.63, 3.8) is 0 Å². The quantitative estimate of drug-likeness (QED) is 0.0787. The maximum Gasteiger partial charge on any atom is 0.335 e. The molecule has 1 N–H and O–H groups in total. The monoisotopic (exact) mass is 815 g/mol. The molecule has 0 aliphatic heterocycles. The van der Waals surface area contributed by atoms with Crippen molar-refractivity contribution in [2.45, 2.75) is 48.0 Å². The fraction of sp³-hybridized carbons (Fsp3) is 0.300. The smallest absolute Gasteiger partial charge is 0.335 e. The number of quaternary nitrogens is 1. The number of hydrogen-bond acceptors (Lipinski definition) is 6. The highest BCUT2D eigenvalue weighted by Crippen LogP contribution is 2.39. The van der Waals surface area contributed by atoms with Crippen molar-refractivity contribution in [2.24, 2.45) is 0 Å². The van der Waals surface area contributed by atoms with Gasteiger partial charge >= 0.3 is 5.97 Å². The lowest BCUT2D eigenvalue weighted by Gasteiger charge is -2.28. The Kier molecular flexibility index (Phi) is 12.8. The van der Waals surface area contributed by atoms with Crippen molar-refractivity contribution in [1.29, 1.82) is 0 Å². The summed E-state index contributed by atoms with van der Waals surface area (Å²) in [5.74, 6) is -3.41. The molecule has 1 aromatic heterocycles. The normalized spacial score (nSPS) is 12.3. The first kappa shape index (κ1) is 41.8. The minimum Gasteiger partial charge on any atom is -0.495 e. The van der Waals surface area contributed by atoms with Crippen LogP contribution in [0.3, 0.4) is 0 Å². The van der Waals surface area contributed by atoms with Gasteiger partial charge in [0.1, 0.15) is 23.2 Å². The second kappa shape index (κ2) is 16.8. The van der Waals surface area contributed by atoms with Crippen molar-refractivity contribution in [2.75, 3.05) is 41.3 Å². The molecule has 0 fully saturated rings. The number of hydrogen-bond donors (Lipinski definition) is 1. The van der Waals surface area contributed by atoms with E-state index in [4.69, 9.17) is 16.3 Å². The molecule has 0 amide bonds. The molecule has 0 spiro atoms. The van der Waals surface area contributed by atoms with Gasteiger partial charge in [0.25, 0.3) is 0 Å². The number of carboxylic acid groups (broad SMARTS) is 1. The highest BCUT2D eigenvalue weighted by molar-refractivity contribution is 7.98. The standard InChI is InChI=1S/C40H42ClF3N4O5S2/c1-40(2,28-12-17-33(41)36(20-28)53-6)37-23-45-39(47(37)30-15-13-29(42)14-16-30)54-25-32-34(43)21-31(22-35(32)44)55(51,52)46(18-7-19-48(3,4)5)24-26-8-10-27(11-9-26)38(49)50/h8-17,20-23H,7,18-19,24-25H2,1-6H3/p+1. The Morgan fingerprint density at radius 1 is 0.982 bits per heavy atom. The van der Waals surface area contributed by atoms with E-state index in [1.807, 2.05) is 47.1 Å². The maximum absolute atomic E-state index is 15.9. The van der Waals surface area contributed by atoms with Crippen LogP contribution in [0.1, 0.15) is 53.0 Å². The van der Waals surface area contributed by atoms with E-state index in [0.717, 1.165) is 33.8 Å². The number of benzene rings is 4. The first-order chi connectivity index (χ1) is 25.8. The summed E-state index contributed by atoms with van der Waals surface area (Å²) in [6, 6.07) is 18.6. The molecule has 0 saturated heterocycles. The molecule has 15 heteroatoms. The molecular formula is C40H43ClF3N4O5S2+. The largest absolute Gasteiger partial charge is 0.495 e. The summed E-state index contributed by atoms with van der Waals surface area (Å²) >= 11 is 7.34. The number of halogens is 4. The molecule has 9 nitrogen and oxygen atoms in total. The van der Waals surface area contributed by atoms with Gasteiger partial charge in [0, 0.05) is 41.9 Å². The number of nitrogens with zero attached hydrogens (tertiary/aromatic N) is 4. The number of aromatic carboxylic acids is 1. The lowest BCUT2D eigenvalue weighted by atomic mass is 9.81. The number of methoxy groups -OCH3 is 1. The van der Waals surface area contributed by atoms with Gasteiger partial charge in [0.15, 0.2) is 5.16 Å². The van der Waals surface area contributed by atoms with Crippen molar-refractivity contribution in [3.05, 3.63) is 135 Å². The average molecular weight is 816 g/mol. The predicted octanol–water partition coefficient (Wildman–Crippen LogP) is 8.56. The first-order valence-corrected chi connectivity index (χ1v) is 20.0. The summed E-state index contributed by atoms with van der Waals surface area (Å²) in [4.78, 5) is 15.4. The van der Waals surface area contributed by atoms with Crippen LogP contribution in [-0.4, -0.2) is 79.2 Å². The van der Waals surface area contributed by atoms with Crippen LogP contribution in [0.25, 0.3) is 5.69 Å². The second-order valence-electron chi connectivity index (χ2n) is 14.6. The van der Waals surface area contributed by atoms with Gasteiger partial charge in [-0.15, -0.1) is 0 Å². The number of rotatable bonds is 16. The minimum atomic E-state index is -4.41. The van der Waals surface area contributed by atoms with Crippen molar-refractivity contribution in [3.8, 4) is 11.4 Å². The molecule has 5 aromatic rings. The minimum absolute atomic E-state index is 0.0445. The van der Waals surface area contributed by atoms with Gasteiger partial charge in [-0.2, -0.15) is 4.31 Å². The molecule has 0 radical (unpaired) electrons. The summed E-state index contributed by atoms with van der Waals surface area (Å²) in [6.07, 6.45) is 2.11. The van der Waals surface area contributed by atoms with Gasteiger partial charge in [-0.1, -0.05) is 55.4 Å². The van der Waals surface area contributed by atoms with Crippen molar-refractivity contribution < 1.29 is 40.7 Å². The number of imidazole rings is 1. The molecule has 0 atom stereocenters. The van der Waals surface area contributed by atoms with Crippen molar-refractivity contribution >= 4 is 39.4 Å². The number of sulfonamides is 1. The number of thioether (sulfide) groups is 1. The van der Waals surface area contributed by atoms with E-state index in [1.54, 1.807) is 29.0 Å². The van der Waals surface area contributed by atoms with E-state index in [2.05, 4.69) is 4.98 Å². The zero-order chi connectivity index (χ0) is 40.3. The van der Waals surface area contributed by atoms with Crippen LogP contribution in [0.4, 0.5) is 13.2 Å². The van der Waals surface area contributed by atoms with Gasteiger partial charge in [-0.05, 0) is 71.8 Å². The van der Waals surface area contributed by atoms with E-state index < -0.39 is 43.8 Å². The fourth-order valence-electron chi connectivity index (χ4n) is 6.03. The van der Waals surface area contributed by atoms with Crippen molar-refractivity contribution in [1.82, 2.24) is 13.9 Å². The lowest BCUT2D eigenvalue weighted by Crippen LogP contribution is -2.38. The average Bonchev–Trinajstić information content (AvgIpc) is 3.55. The zero-order valence-corrected chi connectivity index (χ0v) is 33.7. The van der Waals surface area contributed by atoms with E-state index in [9.17, 15) is 22.7 Å². The molecular weight excluding hydrogens is 773 g/mol. The van der Waals surface area contributed by atoms with Gasteiger partial charge < -0.3 is 14.3 Å². The SMILES string of the molecule is COc1cc(C(C)(C)c2cnc(SCc3c(F)cc(S(=O)(=O)N(CCC[N+](C)(C)C)Cc4ccc(C(=O)O)cc4)cc3F)n2-c2ccc(F)cc2)ccc1Cl. The molecule has 4 aromatic carbocycles. The number of ether oxygens (including phenoxy) is 1. The Morgan fingerprint density at radius 2 is 1.62 bits per heavy atom. The molecule has 55 heavy (non-hydrogen) atoms. The Morgan fingerprint density at radius 3 is 2.20 bits per heavy atom. The topological polar surface area (TPSA) is 102 Å². The van der Waals surface area contributed by atoms with Gasteiger partial charge in [0.2, 0.25) is 10.0 Å². The number of carbonyl (C=O) groups is 1. The molecule has 0 aliphatic rings. The summed E-state index contributed by atoms with van der Waals surface area (Å²) in [7, 11) is 3.01. The summed E-state index contributed by atoms with van der Waals surface area (Å²) in [6.45, 7) is 4.50. The molecule has 1 heterocycles. The molecule has 292 valence electrons. The predicted molar refractivity (Wildman–Crippen MR) is 208 cm³/mol. The Labute approximate surface area is 329 Å². The van der Waals surface area contributed by atoms with Crippen LogP contribution in [0.5, 0.6) is 5.75 Å². The summed E-state index contributed by atoms with van der Waals surface area (Å²) < 4.78 is 82.7. The Hall–Kier alpha value is -4.34. The van der Waals surface area contributed by atoms with E-state index >= 15 is 8.78 Å². The Bertz CT molecular complexity index is 2250. The number of aromatic nitrogens is 2. The fourth-order valence-corrected chi connectivity index (χ4v) is 8.72. The van der Waals surface area contributed by atoms with Crippen LogP contribution in [-0.2, 0) is 27.7 Å². The maximum atomic E-state index is 15.9. The van der Waals surface area contributed by atoms with E-state index in [-0.39, 0.29) is 30.0 Å². The molecule has 0 bridgehead atoms. The lowest BCUT2D eigenvalue weighted by molar-refractivity contribution is -0.870. The molecule has 5 rings (SSSR count). The van der Waals surface area contributed by atoms with Crippen LogP contribution in [0, 0.1) is 17.5 Å². The molecule has 0 saturated carbocycles. The Balaban J connectivity index is 1.46. The van der Waals surface area contributed by atoms with Gasteiger partial charge in [-0.25, -0.2) is 31.4 Å². The number of carboxylic acids is 1. The second-order valence-corrected chi connectivity index (χ2v) is 17.9. The van der Waals surface area contributed by atoms with Crippen LogP contribution in [0.2, 0.25) is 5.02 Å². The van der Waals surface area contributed by atoms with E-state index in [1.165, 1.54) is 43.5 Å². The van der Waals surface area contributed by atoms with E-state index in [0.29, 0.717) is 50.3 Å². The van der Waals surface area contributed by atoms with Crippen LogP contribution >= 0.6 is 23.4 Å². The van der Waals surface area contributed by atoms with Crippen LogP contribution < -0.4 is 4.74 Å². The molecule has 0 aliphatic carbocycles. The van der Waals surface area contributed by atoms with Crippen LogP contribution in [0.15, 0.2) is 95.1 Å². The highest BCUT2D eigenvalue weighted by Gasteiger charge is 2.32. The third-order valence-electron chi connectivity index (χ3n) is 9.22. The first-order valence-electron chi connectivity index (χ1n) is 17.2. The third kappa shape index (κ3) is 9.73. The van der Waals surface area contributed by atoms with Gasteiger partial charge in [0.05, 0.1) is 62.2 Å².